The summed E-state index contributed by atoms with van der Waals surface area (Å²) < 4.78 is 5.87. The Morgan fingerprint density at radius 2 is 2.07 bits per heavy atom. The maximum absolute atomic E-state index is 5.87. The summed E-state index contributed by atoms with van der Waals surface area (Å²) in [6, 6.07) is 11.1. The molecule has 0 amide bonds. The average molecular weight is 201 g/mol. The second kappa shape index (κ2) is 3.99. The van der Waals surface area contributed by atoms with Crippen LogP contribution in [-0.2, 0) is 4.65 Å². The third-order valence-corrected chi connectivity index (χ3v) is 3.60. The van der Waals surface area contributed by atoms with Gasteiger partial charge in [0, 0.05) is 12.6 Å². The molecule has 1 aliphatic carbocycles. The largest absolute Gasteiger partial charge is 0.417 e. The van der Waals surface area contributed by atoms with E-state index in [0.717, 1.165) is 12.5 Å². The Morgan fingerprint density at radius 3 is 2.93 bits per heavy atom. The molecule has 0 bridgehead atoms. The summed E-state index contributed by atoms with van der Waals surface area (Å²) >= 11 is 0. The van der Waals surface area contributed by atoms with Crippen molar-refractivity contribution < 1.29 is 4.65 Å². The first-order valence-electron chi connectivity index (χ1n) is 5.86. The van der Waals surface area contributed by atoms with E-state index in [1.807, 2.05) is 6.07 Å². The molecule has 2 aliphatic rings. The van der Waals surface area contributed by atoms with Crippen LogP contribution >= 0.6 is 0 Å². The highest BCUT2D eigenvalue weighted by atomic mass is 16.4. The van der Waals surface area contributed by atoms with Crippen molar-refractivity contribution in [2.75, 3.05) is 6.61 Å². The van der Waals surface area contributed by atoms with E-state index in [1.165, 1.54) is 24.7 Å². The predicted octanol–water partition coefficient (Wildman–Crippen LogP) is 1.17. The first-order chi connectivity index (χ1) is 7.43. The highest BCUT2D eigenvalue weighted by Gasteiger charge is 2.36. The number of rotatable bonds is 1. The second-order valence-corrected chi connectivity index (χ2v) is 4.59. The molecule has 2 nitrogen and oxygen atoms in total. The van der Waals surface area contributed by atoms with Crippen LogP contribution < -0.4 is 10.7 Å². The smallest absolute Gasteiger partial charge is 0.416 e. The highest BCUT2D eigenvalue weighted by molar-refractivity contribution is 6.65. The number of hydrogen-bond donors (Lipinski definition) is 1. The molecule has 3 rings (SSSR count). The van der Waals surface area contributed by atoms with E-state index >= 15 is 0 Å². The SMILES string of the molecule is c1ccc(B2N[C@@H]3CCC[C@@H]3CO2)cc1. The van der Waals surface area contributed by atoms with Gasteiger partial charge in [-0.25, -0.2) is 0 Å². The van der Waals surface area contributed by atoms with Gasteiger partial charge in [0.2, 0.25) is 0 Å². The van der Waals surface area contributed by atoms with Gasteiger partial charge >= 0.3 is 7.05 Å². The van der Waals surface area contributed by atoms with Crippen molar-refractivity contribution in [3.05, 3.63) is 30.3 Å². The molecule has 0 unspecified atom stereocenters. The molecule has 0 radical (unpaired) electrons. The third-order valence-electron chi connectivity index (χ3n) is 3.60. The zero-order valence-electron chi connectivity index (χ0n) is 8.86. The standard InChI is InChI=1S/C12H16BNO/c1-2-6-11(7-3-1)13-14-12-8-4-5-10(12)9-15-13/h1-3,6-7,10,12,14H,4-5,8-9H2/t10-,12-/m1/s1. The zero-order valence-corrected chi connectivity index (χ0v) is 8.86. The summed E-state index contributed by atoms with van der Waals surface area (Å²) in [5, 5.41) is 3.61. The number of benzene rings is 1. The Hall–Kier alpha value is -0.795. The summed E-state index contributed by atoms with van der Waals surface area (Å²) in [4.78, 5) is 0. The van der Waals surface area contributed by atoms with Crippen molar-refractivity contribution in [1.29, 1.82) is 0 Å². The topological polar surface area (TPSA) is 21.3 Å². The predicted molar refractivity (Wildman–Crippen MR) is 62.0 cm³/mol. The molecule has 2 fully saturated rings. The first kappa shape index (κ1) is 9.43. The van der Waals surface area contributed by atoms with Crippen LogP contribution in [0.3, 0.4) is 0 Å². The Bertz CT molecular complexity index is 330. The van der Waals surface area contributed by atoms with E-state index in [0.29, 0.717) is 6.04 Å². The van der Waals surface area contributed by atoms with E-state index in [2.05, 4.69) is 29.5 Å². The maximum Gasteiger partial charge on any atom is 0.416 e. The number of fused-ring (bicyclic) bond motifs is 1. The fourth-order valence-electron chi connectivity index (χ4n) is 2.74. The van der Waals surface area contributed by atoms with E-state index < -0.39 is 0 Å². The van der Waals surface area contributed by atoms with Crippen molar-refractivity contribution in [2.24, 2.45) is 5.92 Å². The minimum atomic E-state index is 0.116. The highest BCUT2D eigenvalue weighted by Crippen LogP contribution is 2.28. The number of nitrogens with one attached hydrogen (secondary N) is 1. The van der Waals surface area contributed by atoms with Gasteiger partial charge < -0.3 is 9.88 Å². The lowest BCUT2D eigenvalue weighted by Gasteiger charge is -2.31. The van der Waals surface area contributed by atoms with E-state index in [4.69, 9.17) is 4.65 Å². The van der Waals surface area contributed by atoms with Crippen LogP contribution in [0.5, 0.6) is 0 Å². The number of hydrogen-bond acceptors (Lipinski definition) is 2. The molecule has 1 heterocycles. The fourth-order valence-corrected chi connectivity index (χ4v) is 2.74. The lowest BCUT2D eigenvalue weighted by Crippen LogP contribution is -2.58. The summed E-state index contributed by atoms with van der Waals surface area (Å²) in [7, 11) is 0.116. The van der Waals surface area contributed by atoms with Gasteiger partial charge in [-0.05, 0) is 24.2 Å². The molecule has 0 spiro atoms. The van der Waals surface area contributed by atoms with Gasteiger partial charge in [-0.15, -0.1) is 0 Å². The zero-order chi connectivity index (χ0) is 10.1. The molecule has 1 aromatic rings. The van der Waals surface area contributed by atoms with Crippen molar-refractivity contribution in [2.45, 2.75) is 25.3 Å². The second-order valence-electron chi connectivity index (χ2n) is 4.59. The van der Waals surface area contributed by atoms with Gasteiger partial charge in [0.1, 0.15) is 0 Å². The van der Waals surface area contributed by atoms with Gasteiger partial charge in [0.15, 0.2) is 0 Å². The normalized spacial score (nSPS) is 30.3. The first-order valence-corrected chi connectivity index (χ1v) is 5.86. The van der Waals surface area contributed by atoms with E-state index in [1.54, 1.807) is 0 Å². The quantitative estimate of drug-likeness (QED) is 0.688. The van der Waals surface area contributed by atoms with Gasteiger partial charge in [-0.3, -0.25) is 0 Å². The molecule has 2 atom stereocenters. The van der Waals surface area contributed by atoms with Crippen molar-refractivity contribution in [3.63, 3.8) is 0 Å². The van der Waals surface area contributed by atoms with Crippen molar-refractivity contribution >= 4 is 12.5 Å². The summed E-state index contributed by atoms with van der Waals surface area (Å²) in [6.45, 7) is 0.928. The van der Waals surface area contributed by atoms with E-state index in [9.17, 15) is 0 Å². The molecule has 0 aromatic heterocycles. The Morgan fingerprint density at radius 1 is 1.20 bits per heavy atom. The molecular weight excluding hydrogens is 185 g/mol. The van der Waals surface area contributed by atoms with Crippen molar-refractivity contribution in [1.82, 2.24) is 5.23 Å². The van der Waals surface area contributed by atoms with Gasteiger partial charge in [-0.2, -0.15) is 0 Å². The fraction of sp³-hybridized carbons (Fsp3) is 0.500. The molecule has 3 heteroatoms. The van der Waals surface area contributed by atoms with Crippen molar-refractivity contribution in [3.8, 4) is 0 Å². The third kappa shape index (κ3) is 1.82. The van der Waals surface area contributed by atoms with Crippen LogP contribution in [0.2, 0.25) is 0 Å². The molecule has 1 N–H and O–H groups in total. The summed E-state index contributed by atoms with van der Waals surface area (Å²) in [5.41, 5.74) is 1.25. The van der Waals surface area contributed by atoms with Crippen LogP contribution in [0.25, 0.3) is 0 Å². The Balaban J connectivity index is 1.74. The lowest BCUT2D eigenvalue weighted by atomic mass is 9.70. The molecule has 1 saturated carbocycles. The van der Waals surface area contributed by atoms with Crippen LogP contribution in [0.15, 0.2) is 30.3 Å². The minimum absolute atomic E-state index is 0.116. The monoisotopic (exact) mass is 201 g/mol. The maximum atomic E-state index is 5.87. The van der Waals surface area contributed by atoms with Crippen LogP contribution in [0, 0.1) is 5.92 Å². The minimum Gasteiger partial charge on any atom is -0.417 e. The lowest BCUT2D eigenvalue weighted by molar-refractivity contribution is 0.197. The van der Waals surface area contributed by atoms with Gasteiger partial charge in [0.05, 0.1) is 0 Å². The van der Waals surface area contributed by atoms with Crippen LogP contribution in [0.4, 0.5) is 0 Å². The van der Waals surface area contributed by atoms with Crippen LogP contribution in [0.1, 0.15) is 19.3 Å². The molecule has 78 valence electrons. The molecule has 1 aliphatic heterocycles. The van der Waals surface area contributed by atoms with E-state index in [-0.39, 0.29) is 7.05 Å². The van der Waals surface area contributed by atoms with Crippen LogP contribution in [-0.4, -0.2) is 19.7 Å². The Kier molecular flexibility index (Phi) is 2.51. The average Bonchev–Trinajstić information content (AvgIpc) is 2.77. The summed E-state index contributed by atoms with van der Waals surface area (Å²) in [5.74, 6) is 0.755. The van der Waals surface area contributed by atoms with Gasteiger partial charge in [0.25, 0.3) is 0 Å². The molecule has 1 aromatic carbocycles. The molecule has 15 heavy (non-hydrogen) atoms. The van der Waals surface area contributed by atoms with Gasteiger partial charge in [-0.1, -0.05) is 36.8 Å². The Labute approximate surface area is 91.2 Å². The summed E-state index contributed by atoms with van der Waals surface area (Å²) in [6.07, 6.45) is 4.00. The molecular formula is C12H16BNO. The molecule has 1 saturated heterocycles.